The lowest BCUT2D eigenvalue weighted by Crippen LogP contribution is -2.26. The maximum Gasteiger partial charge on any atom is 0.284 e. The molecule has 0 aliphatic rings. The van der Waals surface area contributed by atoms with Crippen LogP contribution in [0, 0.1) is 30.9 Å². The lowest BCUT2D eigenvalue weighted by atomic mass is 10.2. The van der Waals surface area contributed by atoms with Crippen LogP contribution in [0.2, 0.25) is 0 Å². The van der Waals surface area contributed by atoms with Crippen LogP contribution in [0.5, 0.6) is 0 Å². The number of sulfonamides is 1. The van der Waals surface area contributed by atoms with Crippen LogP contribution in [-0.4, -0.2) is 29.9 Å². The molecule has 22 heavy (non-hydrogen) atoms. The molecule has 0 aliphatic heterocycles. The standard InChI is InChI=1S/C12H15N3O5S2/c1-7-10(8(2)20-13-7)6-14(4)22(18,19)12-5-11(15(16)17)9(3)21-12/h5H,6H2,1-4H3. The highest BCUT2D eigenvalue weighted by atomic mass is 32.2. The van der Waals surface area contributed by atoms with Crippen molar-refractivity contribution in [1.82, 2.24) is 9.46 Å². The van der Waals surface area contributed by atoms with Crippen LogP contribution in [-0.2, 0) is 16.6 Å². The Bertz CT molecular complexity index is 802. The minimum atomic E-state index is -3.81. The van der Waals surface area contributed by atoms with Crippen LogP contribution in [0.25, 0.3) is 0 Å². The van der Waals surface area contributed by atoms with Gasteiger partial charge in [0.2, 0.25) is 0 Å². The predicted molar refractivity (Wildman–Crippen MR) is 80.3 cm³/mol. The molecule has 2 heterocycles. The van der Waals surface area contributed by atoms with E-state index < -0.39 is 14.9 Å². The van der Waals surface area contributed by atoms with Crippen LogP contribution in [0.1, 0.15) is 21.9 Å². The van der Waals surface area contributed by atoms with Gasteiger partial charge >= 0.3 is 0 Å². The minimum Gasteiger partial charge on any atom is -0.361 e. The molecule has 0 bridgehead atoms. The van der Waals surface area contributed by atoms with E-state index in [1.807, 2.05) is 0 Å². The summed E-state index contributed by atoms with van der Waals surface area (Å²) >= 11 is 0.889. The third-order valence-corrected chi connectivity index (χ3v) is 6.58. The Morgan fingerprint density at radius 1 is 1.41 bits per heavy atom. The predicted octanol–water partition coefficient (Wildman–Crippen LogP) is 2.39. The first-order chi connectivity index (χ1) is 10.1. The molecule has 2 aromatic rings. The number of nitro groups is 1. The second-order valence-electron chi connectivity index (χ2n) is 4.83. The molecule has 0 fully saturated rings. The molecule has 2 rings (SSSR count). The number of nitrogens with zero attached hydrogens (tertiary/aromatic N) is 3. The fourth-order valence-electron chi connectivity index (χ4n) is 1.94. The number of aryl methyl sites for hydroxylation is 3. The molecule has 0 aliphatic carbocycles. The summed E-state index contributed by atoms with van der Waals surface area (Å²) in [5.41, 5.74) is 1.12. The van der Waals surface area contributed by atoms with Gasteiger partial charge < -0.3 is 4.52 Å². The molecule has 10 heteroatoms. The maximum atomic E-state index is 12.5. The number of rotatable bonds is 5. The van der Waals surface area contributed by atoms with E-state index in [0.717, 1.165) is 21.7 Å². The fraction of sp³-hybridized carbons (Fsp3) is 0.417. The Balaban J connectivity index is 2.34. The van der Waals surface area contributed by atoms with Gasteiger partial charge in [0.25, 0.3) is 15.7 Å². The zero-order chi connectivity index (χ0) is 16.7. The van der Waals surface area contributed by atoms with E-state index in [2.05, 4.69) is 5.16 Å². The van der Waals surface area contributed by atoms with Gasteiger partial charge in [-0.2, -0.15) is 4.31 Å². The molecular formula is C12H15N3O5S2. The van der Waals surface area contributed by atoms with Crippen molar-refractivity contribution in [2.24, 2.45) is 0 Å². The summed E-state index contributed by atoms with van der Waals surface area (Å²) in [6.45, 7) is 5.05. The van der Waals surface area contributed by atoms with Gasteiger partial charge in [-0.3, -0.25) is 10.1 Å². The summed E-state index contributed by atoms with van der Waals surface area (Å²) in [6.07, 6.45) is 0. The van der Waals surface area contributed by atoms with Gasteiger partial charge in [-0.15, -0.1) is 11.3 Å². The first-order valence-corrected chi connectivity index (χ1v) is 8.53. The summed E-state index contributed by atoms with van der Waals surface area (Å²) in [5.74, 6) is 0.549. The minimum absolute atomic E-state index is 0.0500. The Labute approximate surface area is 131 Å². The zero-order valence-corrected chi connectivity index (χ0v) is 14.1. The molecule has 2 aromatic heterocycles. The van der Waals surface area contributed by atoms with E-state index in [1.54, 1.807) is 13.8 Å². The van der Waals surface area contributed by atoms with Gasteiger partial charge in [0.15, 0.2) is 0 Å². The van der Waals surface area contributed by atoms with E-state index in [1.165, 1.54) is 14.0 Å². The van der Waals surface area contributed by atoms with E-state index in [4.69, 9.17) is 4.52 Å². The largest absolute Gasteiger partial charge is 0.361 e. The molecule has 0 amide bonds. The molecule has 0 saturated heterocycles. The normalized spacial score (nSPS) is 12.0. The van der Waals surface area contributed by atoms with E-state index in [-0.39, 0.29) is 16.4 Å². The van der Waals surface area contributed by atoms with Crippen LogP contribution in [0.15, 0.2) is 14.8 Å². The summed E-state index contributed by atoms with van der Waals surface area (Å²) < 4.78 is 31.2. The molecule has 0 N–H and O–H groups in total. The third-order valence-electron chi connectivity index (χ3n) is 3.29. The highest BCUT2D eigenvalue weighted by Gasteiger charge is 2.28. The van der Waals surface area contributed by atoms with Gasteiger partial charge in [0.05, 0.1) is 15.5 Å². The average molecular weight is 345 g/mol. The molecule has 0 radical (unpaired) electrons. The van der Waals surface area contributed by atoms with Gasteiger partial charge in [-0.25, -0.2) is 8.42 Å². The molecule has 120 valence electrons. The van der Waals surface area contributed by atoms with Crippen molar-refractivity contribution in [3.05, 3.63) is 38.1 Å². The molecule has 0 spiro atoms. The van der Waals surface area contributed by atoms with Crippen LogP contribution < -0.4 is 0 Å². The third kappa shape index (κ3) is 2.89. The molecule has 0 aromatic carbocycles. The van der Waals surface area contributed by atoms with Crippen molar-refractivity contribution in [2.45, 2.75) is 31.5 Å². The van der Waals surface area contributed by atoms with E-state index in [0.29, 0.717) is 21.9 Å². The smallest absolute Gasteiger partial charge is 0.284 e. The maximum absolute atomic E-state index is 12.5. The van der Waals surface area contributed by atoms with Crippen molar-refractivity contribution in [3.63, 3.8) is 0 Å². The first kappa shape index (κ1) is 16.6. The second kappa shape index (κ2) is 5.78. The molecule has 0 saturated carbocycles. The quantitative estimate of drug-likeness (QED) is 0.608. The Hall–Kier alpha value is -1.78. The molecular weight excluding hydrogens is 330 g/mol. The monoisotopic (exact) mass is 345 g/mol. The van der Waals surface area contributed by atoms with Crippen molar-refractivity contribution >= 4 is 27.0 Å². The topological polar surface area (TPSA) is 107 Å². The van der Waals surface area contributed by atoms with Crippen LogP contribution >= 0.6 is 11.3 Å². The van der Waals surface area contributed by atoms with Crippen LogP contribution in [0.3, 0.4) is 0 Å². The number of thiophene rings is 1. The Morgan fingerprint density at radius 3 is 2.50 bits per heavy atom. The number of hydrogen-bond donors (Lipinski definition) is 0. The van der Waals surface area contributed by atoms with Crippen molar-refractivity contribution in [2.75, 3.05) is 7.05 Å². The lowest BCUT2D eigenvalue weighted by molar-refractivity contribution is -0.385. The molecule has 0 atom stereocenters. The van der Waals surface area contributed by atoms with Crippen molar-refractivity contribution < 1.29 is 17.9 Å². The summed E-state index contributed by atoms with van der Waals surface area (Å²) in [7, 11) is -2.39. The molecule has 0 unspecified atom stereocenters. The zero-order valence-electron chi connectivity index (χ0n) is 12.5. The number of aromatic nitrogens is 1. The van der Waals surface area contributed by atoms with Gasteiger partial charge in [-0.1, -0.05) is 5.16 Å². The highest BCUT2D eigenvalue weighted by molar-refractivity contribution is 7.91. The van der Waals surface area contributed by atoms with Gasteiger partial charge in [-0.05, 0) is 20.8 Å². The van der Waals surface area contributed by atoms with E-state index in [9.17, 15) is 18.5 Å². The number of hydrogen-bond acceptors (Lipinski definition) is 7. The Morgan fingerprint density at radius 2 is 2.05 bits per heavy atom. The highest BCUT2D eigenvalue weighted by Crippen LogP contribution is 2.33. The van der Waals surface area contributed by atoms with Crippen molar-refractivity contribution in [3.8, 4) is 0 Å². The second-order valence-corrected chi connectivity index (χ2v) is 8.36. The summed E-state index contributed by atoms with van der Waals surface area (Å²) in [6, 6.07) is 1.10. The summed E-state index contributed by atoms with van der Waals surface area (Å²) in [4.78, 5) is 10.6. The summed E-state index contributed by atoms with van der Waals surface area (Å²) in [5, 5.41) is 14.6. The van der Waals surface area contributed by atoms with Crippen LogP contribution in [0.4, 0.5) is 5.69 Å². The first-order valence-electron chi connectivity index (χ1n) is 6.27. The Kier molecular flexibility index (Phi) is 4.36. The SMILES string of the molecule is Cc1noc(C)c1CN(C)S(=O)(=O)c1cc([N+](=O)[O-])c(C)s1. The van der Waals surface area contributed by atoms with Crippen molar-refractivity contribution in [1.29, 1.82) is 0 Å². The van der Waals surface area contributed by atoms with E-state index >= 15 is 0 Å². The van der Waals surface area contributed by atoms with Gasteiger partial charge in [0.1, 0.15) is 9.97 Å². The fourth-order valence-corrected chi connectivity index (χ4v) is 4.70. The van der Waals surface area contributed by atoms with Gasteiger partial charge in [0, 0.05) is 25.2 Å². The average Bonchev–Trinajstić information content (AvgIpc) is 2.96. The molecule has 8 nitrogen and oxygen atoms in total. The lowest BCUT2D eigenvalue weighted by Gasteiger charge is -2.15.